The van der Waals surface area contributed by atoms with Crippen LogP contribution < -0.4 is 5.32 Å². The highest BCUT2D eigenvalue weighted by atomic mass is 16.4. The van der Waals surface area contributed by atoms with Crippen molar-refractivity contribution in [2.45, 2.75) is 33.1 Å². The lowest BCUT2D eigenvalue weighted by Gasteiger charge is -2.25. The maximum absolute atomic E-state index is 12.2. The third-order valence-electron chi connectivity index (χ3n) is 4.64. The number of carboxylic acids is 1. The zero-order valence-corrected chi connectivity index (χ0v) is 13.0. The maximum atomic E-state index is 12.2. The van der Waals surface area contributed by atoms with Gasteiger partial charge in [0.1, 0.15) is 0 Å². The minimum Gasteiger partial charge on any atom is -0.481 e. The lowest BCUT2D eigenvalue weighted by atomic mass is 9.84. The summed E-state index contributed by atoms with van der Waals surface area (Å²) in [6.45, 7) is 8.29. The van der Waals surface area contributed by atoms with Crippen LogP contribution in [0.4, 0.5) is 0 Å². The quantitative estimate of drug-likeness (QED) is 0.875. The van der Waals surface area contributed by atoms with E-state index in [1.807, 2.05) is 44.2 Å². The summed E-state index contributed by atoms with van der Waals surface area (Å²) in [6, 6.07) is 9.98. The molecule has 0 spiro atoms. The van der Waals surface area contributed by atoms with Crippen molar-refractivity contribution in [3.05, 3.63) is 35.9 Å². The van der Waals surface area contributed by atoms with E-state index in [1.54, 1.807) is 0 Å². The molecule has 1 aliphatic carbocycles. The number of hydrogen-bond donors (Lipinski definition) is 2. The second-order valence-electron chi connectivity index (χ2n) is 7.08. The molecule has 114 valence electrons. The fourth-order valence-corrected chi connectivity index (χ4v) is 3.00. The van der Waals surface area contributed by atoms with Gasteiger partial charge in [0.15, 0.2) is 0 Å². The third-order valence-corrected chi connectivity index (χ3v) is 4.64. The monoisotopic (exact) mass is 289 g/mol. The van der Waals surface area contributed by atoms with Crippen LogP contribution in [0.3, 0.4) is 0 Å². The van der Waals surface area contributed by atoms with Crippen LogP contribution >= 0.6 is 0 Å². The molecule has 1 amide bonds. The topological polar surface area (TPSA) is 66.4 Å². The summed E-state index contributed by atoms with van der Waals surface area (Å²) in [5.41, 5.74) is 0.511. The molecule has 4 nitrogen and oxygen atoms in total. The highest BCUT2D eigenvalue weighted by Crippen LogP contribution is 2.58. The Morgan fingerprint density at radius 1 is 1.19 bits per heavy atom. The van der Waals surface area contributed by atoms with E-state index in [4.69, 9.17) is 5.11 Å². The molecule has 21 heavy (non-hydrogen) atoms. The van der Waals surface area contributed by atoms with Crippen molar-refractivity contribution in [2.24, 2.45) is 17.3 Å². The second kappa shape index (κ2) is 5.17. The first-order chi connectivity index (χ1) is 9.68. The molecule has 1 aromatic carbocycles. The number of carbonyl (C=O) groups is 2. The first-order valence-corrected chi connectivity index (χ1v) is 7.24. The summed E-state index contributed by atoms with van der Waals surface area (Å²) in [4.78, 5) is 23.4. The van der Waals surface area contributed by atoms with Crippen LogP contribution in [-0.2, 0) is 15.0 Å². The number of nitrogens with one attached hydrogen (secondary N) is 1. The average molecular weight is 289 g/mol. The van der Waals surface area contributed by atoms with Crippen LogP contribution in [0.1, 0.15) is 33.3 Å². The van der Waals surface area contributed by atoms with Gasteiger partial charge in [0.05, 0.1) is 11.8 Å². The van der Waals surface area contributed by atoms with E-state index in [2.05, 4.69) is 19.2 Å². The number of aliphatic carboxylic acids is 1. The van der Waals surface area contributed by atoms with Gasteiger partial charge in [-0.05, 0) is 11.0 Å². The van der Waals surface area contributed by atoms with E-state index in [1.165, 1.54) is 0 Å². The molecule has 0 unspecified atom stereocenters. The minimum absolute atomic E-state index is 0.156. The summed E-state index contributed by atoms with van der Waals surface area (Å²) in [6.07, 6.45) is 0. The Hall–Kier alpha value is -1.84. The predicted molar refractivity (Wildman–Crippen MR) is 80.9 cm³/mol. The van der Waals surface area contributed by atoms with Gasteiger partial charge < -0.3 is 10.4 Å². The molecule has 0 aliphatic heterocycles. The fraction of sp³-hybridized carbons (Fsp3) is 0.529. The number of amides is 1. The Kier molecular flexibility index (Phi) is 3.83. The van der Waals surface area contributed by atoms with E-state index in [-0.39, 0.29) is 11.3 Å². The van der Waals surface area contributed by atoms with Gasteiger partial charge in [-0.2, -0.15) is 0 Å². The van der Waals surface area contributed by atoms with Gasteiger partial charge in [-0.1, -0.05) is 58.0 Å². The number of rotatable bonds is 5. The Bertz CT molecular complexity index is 548. The van der Waals surface area contributed by atoms with Gasteiger partial charge >= 0.3 is 5.97 Å². The molecule has 1 aromatic rings. The van der Waals surface area contributed by atoms with Crippen molar-refractivity contribution in [1.82, 2.24) is 5.32 Å². The van der Waals surface area contributed by atoms with Crippen LogP contribution in [-0.4, -0.2) is 23.5 Å². The molecule has 2 rings (SSSR count). The van der Waals surface area contributed by atoms with Crippen LogP contribution in [0.15, 0.2) is 30.3 Å². The zero-order valence-electron chi connectivity index (χ0n) is 13.0. The van der Waals surface area contributed by atoms with Gasteiger partial charge in [0, 0.05) is 12.0 Å². The summed E-state index contributed by atoms with van der Waals surface area (Å²) >= 11 is 0. The molecule has 1 fully saturated rings. The average Bonchev–Trinajstić information content (AvgIpc) is 3.00. The summed E-state index contributed by atoms with van der Waals surface area (Å²) < 4.78 is 0. The van der Waals surface area contributed by atoms with Crippen molar-refractivity contribution in [1.29, 1.82) is 0 Å². The van der Waals surface area contributed by atoms with Gasteiger partial charge in [0.25, 0.3) is 0 Å². The molecule has 2 N–H and O–H groups in total. The maximum Gasteiger partial charge on any atom is 0.307 e. The Labute approximate surface area is 125 Å². The molecule has 0 aromatic heterocycles. The smallest absolute Gasteiger partial charge is 0.307 e. The summed E-state index contributed by atoms with van der Waals surface area (Å²) in [5.74, 6) is -2.04. The molecule has 1 saturated carbocycles. The molecular formula is C17H23NO3. The standard InChI is InChI=1S/C17H23NO3/c1-16(2,11-8-6-5-7-9-11)10-18-14(19)12-13(15(20)21)17(12,3)4/h5-9,12-13H,10H2,1-4H3,(H,18,19)(H,20,21)/t12-,13+/m1/s1. The number of carboxylic acid groups (broad SMARTS) is 1. The molecule has 0 radical (unpaired) electrons. The van der Waals surface area contributed by atoms with E-state index in [9.17, 15) is 9.59 Å². The Morgan fingerprint density at radius 3 is 2.24 bits per heavy atom. The van der Waals surface area contributed by atoms with Crippen molar-refractivity contribution in [3.63, 3.8) is 0 Å². The van der Waals surface area contributed by atoms with Crippen molar-refractivity contribution >= 4 is 11.9 Å². The first-order valence-electron chi connectivity index (χ1n) is 7.24. The van der Waals surface area contributed by atoms with Crippen molar-refractivity contribution < 1.29 is 14.7 Å². The van der Waals surface area contributed by atoms with Crippen LogP contribution in [0.2, 0.25) is 0 Å². The number of hydrogen-bond acceptors (Lipinski definition) is 2. The van der Waals surface area contributed by atoms with E-state index >= 15 is 0 Å². The molecule has 0 saturated heterocycles. The largest absolute Gasteiger partial charge is 0.481 e. The Balaban J connectivity index is 1.98. The van der Waals surface area contributed by atoms with Gasteiger partial charge in [-0.15, -0.1) is 0 Å². The molecule has 4 heteroatoms. The second-order valence-corrected chi connectivity index (χ2v) is 7.08. The highest BCUT2D eigenvalue weighted by Gasteiger charge is 2.65. The third kappa shape index (κ3) is 2.94. The Morgan fingerprint density at radius 2 is 1.76 bits per heavy atom. The van der Waals surface area contributed by atoms with Gasteiger partial charge in [0.2, 0.25) is 5.91 Å². The van der Waals surface area contributed by atoms with E-state index in [0.717, 1.165) is 5.56 Å². The summed E-state index contributed by atoms with van der Waals surface area (Å²) in [5, 5.41) is 12.1. The fourth-order valence-electron chi connectivity index (χ4n) is 3.00. The normalized spacial score (nSPS) is 23.4. The zero-order chi connectivity index (χ0) is 15.8. The lowest BCUT2D eigenvalue weighted by molar-refractivity contribution is -0.140. The molecule has 0 heterocycles. The van der Waals surface area contributed by atoms with Crippen molar-refractivity contribution in [3.8, 4) is 0 Å². The number of benzene rings is 1. The van der Waals surface area contributed by atoms with Crippen LogP contribution in [0, 0.1) is 17.3 Å². The summed E-state index contributed by atoms with van der Waals surface area (Å²) in [7, 11) is 0. The highest BCUT2D eigenvalue weighted by molar-refractivity contribution is 5.91. The minimum atomic E-state index is -0.887. The van der Waals surface area contributed by atoms with Gasteiger partial charge in [-0.25, -0.2) is 0 Å². The van der Waals surface area contributed by atoms with Crippen LogP contribution in [0.5, 0.6) is 0 Å². The van der Waals surface area contributed by atoms with Crippen LogP contribution in [0.25, 0.3) is 0 Å². The first kappa shape index (κ1) is 15.5. The van der Waals surface area contributed by atoms with E-state index < -0.39 is 23.2 Å². The van der Waals surface area contributed by atoms with Gasteiger partial charge in [-0.3, -0.25) is 9.59 Å². The van der Waals surface area contributed by atoms with E-state index in [0.29, 0.717) is 6.54 Å². The number of carbonyl (C=O) groups excluding carboxylic acids is 1. The molecular weight excluding hydrogens is 266 g/mol. The predicted octanol–water partition coefficient (Wildman–Crippen LogP) is 2.44. The lowest BCUT2D eigenvalue weighted by Crippen LogP contribution is -2.38. The molecule has 2 atom stereocenters. The molecule has 0 bridgehead atoms. The molecule has 1 aliphatic rings. The SMILES string of the molecule is CC(C)(CNC(=O)[C@H]1[C@@H](C(=O)O)C1(C)C)c1ccccc1. The van der Waals surface area contributed by atoms with Crippen molar-refractivity contribution in [2.75, 3.05) is 6.54 Å².